The van der Waals surface area contributed by atoms with Crippen molar-refractivity contribution in [3.05, 3.63) is 77.6 Å². The Morgan fingerprint density at radius 1 is 1.26 bits per heavy atom. The maximum atomic E-state index is 15.7. The lowest BCUT2D eigenvalue weighted by molar-refractivity contribution is 0.0240. The quantitative estimate of drug-likeness (QED) is 0.220. The smallest absolute Gasteiger partial charge is 0.341 e. The van der Waals surface area contributed by atoms with Crippen molar-refractivity contribution in [3.63, 3.8) is 0 Å². The number of nitrogens with two attached hydrogens (primary N) is 2. The molecule has 1 aromatic heterocycles. The number of hydrazine groups is 1. The van der Waals surface area contributed by atoms with E-state index < -0.39 is 11.8 Å². The van der Waals surface area contributed by atoms with Gasteiger partial charge in [0.1, 0.15) is 11.7 Å². The summed E-state index contributed by atoms with van der Waals surface area (Å²) in [7, 11) is 1.67. The van der Waals surface area contributed by atoms with E-state index in [1.165, 1.54) is 11.2 Å². The second-order valence-electron chi connectivity index (χ2n) is 9.43. The number of halogens is 1. The zero-order valence-corrected chi connectivity index (χ0v) is 22.6. The van der Waals surface area contributed by atoms with Crippen LogP contribution in [0.1, 0.15) is 55.1 Å². The fraction of sp³-hybridized carbons (Fsp3) is 0.379. The summed E-state index contributed by atoms with van der Waals surface area (Å²) >= 11 is 0. The summed E-state index contributed by atoms with van der Waals surface area (Å²) in [6.07, 6.45) is 5.02. The number of carbonyl (C=O) groups excluding carboxylic acids is 1. The lowest BCUT2D eigenvalue weighted by Crippen LogP contribution is -2.26. The molecule has 2 aromatic carbocycles. The van der Waals surface area contributed by atoms with Crippen LogP contribution in [0.25, 0.3) is 16.8 Å². The van der Waals surface area contributed by atoms with Crippen LogP contribution >= 0.6 is 0 Å². The average molecular weight is 538 g/mol. The van der Waals surface area contributed by atoms with Crippen molar-refractivity contribution in [1.82, 2.24) is 14.8 Å². The molecule has 3 aromatic rings. The van der Waals surface area contributed by atoms with Gasteiger partial charge in [0, 0.05) is 43.3 Å². The third-order valence-corrected chi connectivity index (χ3v) is 6.62. The molecule has 9 nitrogen and oxygen atoms in total. The maximum absolute atomic E-state index is 15.7. The van der Waals surface area contributed by atoms with Gasteiger partial charge in [-0.3, -0.25) is 0 Å². The highest BCUT2D eigenvalue weighted by Gasteiger charge is 2.28. The van der Waals surface area contributed by atoms with E-state index in [-0.39, 0.29) is 24.4 Å². The Bertz CT molecular complexity index is 1320. The molecule has 1 aliphatic heterocycles. The standard InChI is InChI=1S/C29H36FN5O4/c1-4-22(25(31)18-34(3)32)28-24(29(36)38-5-2)17-33-35(28)20-9-6-8-19(16-20)23-10-7-11-26(27(23)30)39-21-12-14-37-15-13-21/h6-11,16-18,21-22H,4-5,12-15,31-32H2,1-3H3/b25-18-. The molecule has 39 heavy (non-hydrogen) atoms. The first-order chi connectivity index (χ1) is 18.8. The summed E-state index contributed by atoms with van der Waals surface area (Å²) in [6, 6.07) is 12.4. The van der Waals surface area contributed by atoms with Crippen LogP contribution in [0.2, 0.25) is 0 Å². The summed E-state index contributed by atoms with van der Waals surface area (Å²) in [5, 5.41) is 5.89. The monoisotopic (exact) mass is 537 g/mol. The molecule has 1 saturated heterocycles. The van der Waals surface area contributed by atoms with Gasteiger partial charge in [-0.25, -0.2) is 19.7 Å². The van der Waals surface area contributed by atoms with Crippen LogP contribution < -0.4 is 16.3 Å². The highest BCUT2D eigenvalue weighted by molar-refractivity contribution is 5.91. The Hall–Kier alpha value is -3.89. The highest BCUT2D eigenvalue weighted by Crippen LogP contribution is 2.34. The predicted octanol–water partition coefficient (Wildman–Crippen LogP) is 4.51. The van der Waals surface area contributed by atoms with Crippen LogP contribution in [0.5, 0.6) is 5.75 Å². The molecule has 4 N–H and O–H groups in total. The van der Waals surface area contributed by atoms with Gasteiger partial charge in [0.05, 0.1) is 37.4 Å². The van der Waals surface area contributed by atoms with Gasteiger partial charge in [-0.2, -0.15) is 5.10 Å². The van der Waals surface area contributed by atoms with E-state index in [9.17, 15) is 4.79 Å². The Morgan fingerprint density at radius 3 is 2.69 bits per heavy atom. The minimum atomic E-state index is -0.494. The molecular formula is C29H36FN5O4. The second-order valence-corrected chi connectivity index (χ2v) is 9.43. The molecule has 0 aliphatic carbocycles. The first kappa shape index (κ1) is 28.1. The molecule has 1 aliphatic rings. The number of nitrogens with zero attached hydrogens (tertiary/aromatic N) is 3. The van der Waals surface area contributed by atoms with E-state index in [1.807, 2.05) is 31.2 Å². The largest absolute Gasteiger partial charge is 0.487 e. The van der Waals surface area contributed by atoms with Crippen LogP contribution in [0.4, 0.5) is 4.39 Å². The Balaban J connectivity index is 1.76. The Labute approximate surface area is 228 Å². The molecule has 0 saturated carbocycles. The molecule has 1 unspecified atom stereocenters. The lowest BCUT2D eigenvalue weighted by atomic mass is 9.95. The molecule has 0 radical (unpaired) electrons. The van der Waals surface area contributed by atoms with Gasteiger partial charge in [0.2, 0.25) is 0 Å². The van der Waals surface area contributed by atoms with E-state index in [1.54, 1.807) is 43.1 Å². The fourth-order valence-corrected chi connectivity index (χ4v) is 4.78. The minimum absolute atomic E-state index is 0.0835. The lowest BCUT2D eigenvalue weighted by Gasteiger charge is -2.24. The third kappa shape index (κ3) is 6.40. The third-order valence-electron chi connectivity index (χ3n) is 6.62. The summed E-state index contributed by atoms with van der Waals surface area (Å²) in [6.45, 7) is 5.14. The molecule has 1 atom stereocenters. The van der Waals surface area contributed by atoms with E-state index in [0.29, 0.717) is 53.4 Å². The molecular weight excluding hydrogens is 501 g/mol. The number of benzene rings is 2. The first-order valence-electron chi connectivity index (χ1n) is 13.2. The van der Waals surface area contributed by atoms with Crippen molar-refractivity contribution < 1.29 is 23.4 Å². The normalized spacial score (nSPS) is 15.2. The maximum Gasteiger partial charge on any atom is 0.341 e. The van der Waals surface area contributed by atoms with Crippen LogP contribution in [-0.2, 0) is 9.47 Å². The molecule has 2 heterocycles. The number of allylic oxidation sites excluding steroid dienone is 1. The van der Waals surface area contributed by atoms with E-state index in [4.69, 9.17) is 25.8 Å². The van der Waals surface area contributed by atoms with Gasteiger partial charge >= 0.3 is 5.97 Å². The van der Waals surface area contributed by atoms with Gasteiger partial charge in [-0.05, 0) is 37.1 Å². The Morgan fingerprint density at radius 2 is 2.00 bits per heavy atom. The average Bonchev–Trinajstić information content (AvgIpc) is 3.36. The van der Waals surface area contributed by atoms with E-state index in [2.05, 4.69) is 5.10 Å². The SMILES string of the molecule is CCOC(=O)c1cnn(-c2cccc(-c3cccc(OC4CCOCC4)c3F)c2)c1C(CC)/C(N)=C/N(C)N. The van der Waals surface area contributed by atoms with Crippen molar-refractivity contribution in [2.45, 2.75) is 45.1 Å². The van der Waals surface area contributed by atoms with Crippen LogP contribution in [-0.4, -0.2) is 53.7 Å². The van der Waals surface area contributed by atoms with Gasteiger partial charge in [-0.1, -0.05) is 31.2 Å². The summed E-state index contributed by atoms with van der Waals surface area (Å²) in [5.74, 6) is 4.72. The number of esters is 1. The Kier molecular flexibility index (Phi) is 9.21. The van der Waals surface area contributed by atoms with Crippen LogP contribution in [0, 0.1) is 5.82 Å². The van der Waals surface area contributed by atoms with Crippen molar-refractivity contribution >= 4 is 5.97 Å². The van der Waals surface area contributed by atoms with Crippen molar-refractivity contribution in [2.24, 2.45) is 11.6 Å². The number of carbonyl (C=O) groups is 1. The summed E-state index contributed by atoms with van der Waals surface area (Å²) in [5.41, 5.74) is 9.44. The molecule has 0 amide bonds. The highest BCUT2D eigenvalue weighted by atomic mass is 19.1. The number of rotatable bonds is 10. The summed E-state index contributed by atoms with van der Waals surface area (Å²) < 4.78 is 34.0. The molecule has 4 rings (SSSR count). The van der Waals surface area contributed by atoms with Gasteiger partial charge in [0.25, 0.3) is 0 Å². The van der Waals surface area contributed by atoms with E-state index >= 15 is 4.39 Å². The molecule has 208 valence electrons. The van der Waals surface area contributed by atoms with Crippen molar-refractivity contribution in [3.8, 4) is 22.6 Å². The first-order valence-corrected chi connectivity index (χ1v) is 13.2. The zero-order chi connectivity index (χ0) is 27.9. The van der Waals surface area contributed by atoms with Crippen LogP contribution in [0.3, 0.4) is 0 Å². The second kappa shape index (κ2) is 12.8. The molecule has 0 bridgehead atoms. The minimum Gasteiger partial charge on any atom is -0.487 e. The van der Waals surface area contributed by atoms with Gasteiger partial charge < -0.3 is 25.0 Å². The van der Waals surface area contributed by atoms with Gasteiger partial charge in [0.15, 0.2) is 11.6 Å². The predicted molar refractivity (Wildman–Crippen MR) is 147 cm³/mol. The van der Waals surface area contributed by atoms with Crippen molar-refractivity contribution in [1.29, 1.82) is 0 Å². The molecule has 10 heteroatoms. The summed E-state index contributed by atoms with van der Waals surface area (Å²) in [4.78, 5) is 12.9. The molecule has 0 spiro atoms. The number of hydrogen-bond acceptors (Lipinski definition) is 8. The fourth-order valence-electron chi connectivity index (χ4n) is 4.78. The van der Waals surface area contributed by atoms with E-state index in [0.717, 1.165) is 12.8 Å². The molecule has 1 fully saturated rings. The number of ether oxygens (including phenoxy) is 3. The zero-order valence-electron chi connectivity index (χ0n) is 22.6. The number of aromatic nitrogens is 2. The van der Waals surface area contributed by atoms with Gasteiger partial charge in [-0.15, -0.1) is 0 Å². The number of hydrogen-bond donors (Lipinski definition) is 2. The topological polar surface area (TPSA) is 118 Å². The van der Waals surface area contributed by atoms with Crippen molar-refractivity contribution in [2.75, 3.05) is 26.9 Å². The van der Waals surface area contributed by atoms with Crippen LogP contribution in [0.15, 0.2) is 60.6 Å².